The number of ether oxygens (including phenoxy) is 2. The molecule has 2 N–H and O–H groups in total. The summed E-state index contributed by atoms with van der Waals surface area (Å²) < 4.78 is 38.7. The van der Waals surface area contributed by atoms with Gasteiger partial charge < -0.3 is 20.2 Å². The van der Waals surface area contributed by atoms with Crippen molar-refractivity contribution in [2.45, 2.75) is 43.7 Å². The van der Waals surface area contributed by atoms with Gasteiger partial charge in [-0.1, -0.05) is 44.2 Å². The molecule has 11 nitrogen and oxygen atoms in total. The second kappa shape index (κ2) is 12.7. The average molecular weight is 533 g/mol. The number of non-ortho nitro benzene ring substituents is 1. The van der Waals surface area contributed by atoms with Gasteiger partial charge in [0, 0.05) is 30.8 Å². The molecule has 3 rings (SSSR count). The van der Waals surface area contributed by atoms with Crippen LogP contribution in [0.1, 0.15) is 25.8 Å². The fraction of sp³-hybridized carbons (Fsp3) is 0.440. The van der Waals surface area contributed by atoms with Gasteiger partial charge in [-0.05, 0) is 30.0 Å². The zero-order valence-corrected chi connectivity index (χ0v) is 21.6. The largest absolute Gasteiger partial charge is 0.444 e. The number of sulfonamides is 1. The van der Waals surface area contributed by atoms with Crippen LogP contribution in [0.25, 0.3) is 0 Å². The molecule has 0 spiro atoms. The SMILES string of the molecule is CC(C)CN(CC(=N)[C@H](Cc1ccccc1)NC(=O)O[C@H]1CCOC1)S(=O)(=O)c1ccc([N+](=O)[O-])cc1. The Hall–Kier alpha value is -3.35. The van der Waals surface area contributed by atoms with Crippen LogP contribution in [0.4, 0.5) is 10.5 Å². The molecule has 0 unspecified atom stereocenters. The lowest BCUT2D eigenvalue weighted by atomic mass is 10.0. The van der Waals surface area contributed by atoms with E-state index in [9.17, 15) is 23.3 Å². The predicted molar refractivity (Wildman–Crippen MR) is 137 cm³/mol. The molecular weight excluding hydrogens is 500 g/mol. The van der Waals surface area contributed by atoms with E-state index in [0.29, 0.717) is 19.6 Å². The first-order valence-corrected chi connectivity index (χ1v) is 13.4. The molecule has 1 heterocycles. The average Bonchev–Trinajstić information content (AvgIpc) is 3.36. The van der Waals surface area contributed by atoms with Gasteiger partial charge in [0.2, 0.25) is 10.0 Å². The first kappa shape index (κ1) is 28.2. The summed E-state index contributed by atoms with van der Waals surface area (Å²) in [6.07, 6.45) is -0.214. The van der Waals surface area contributed by atoms with Gasteiger partial charge in [0.1, 0.15) is 6.10 Å². The van der Waals surface area contributed by atoms with Crippen LogP contribution in [0.3, 0.4) is 0 Å². The molecule has 0 saturated carbocycles. The summed E-state index contributed by atoms with van der Waals surface area (Å²) in [6, 6.07) is 13.1. The van der Waals surface area contributed by atoms with Crippen LogP contribution in [0.15, 0.2) is 59.5 Å². The zero-order valence-electron chi connectivity index (χ0n) is 20.8. The van der Waals surface area contributed by atoms with E-state index in [4.69, 9.17) is 14.9 Å². The number of rotatable bonds is 12. The molecule has 0 aromatic heterocycles. The number of nitro benzene ring substituents is 1. The minimum atomic E-state index is -4.08. The molecule has 2 aromatic rings. The van der Waals surface area contributed by atoms with Crippen molar-refractivity contribution >= 4 is 27.5 Å². The Morgan fingerprint density at radius 1 is 1.22 bits per heavy atom. The normalized spacial score (nSPS) is 16.5. The van der Waals surface area contributed by atoms with E-state index in [2.05, 4.69) is 5.32 Å². The minimum Gasteiger partial charge on any atom is -0.444 e. The monoisotopic (exact) mass is 532 g/mol. The van der Waals surface area contributed by atoms with Crippen LogP contribution in [0.5, 0.6) is 0 Å². The van der Waals surface area contributed by atoms with Crippen LogP contribution >= 0.6 is 0 Å². The molecule has 1 amide bonds. The van der Waals surface area contributed by atoms with E-state index >= 15 is 0 Å². The second-order valence-electron chi connectivity index (χ2n) is 9.25. The number of amides is 1. The molecule has 1 aliphatic rings. The van der Waals surface area contributed by atoms with Crippen molar-refractivity contribution < 1.29 is 27.6 Å². The number of carbonyl (C=O) groups excluding carboxylic acids is 1. The number of hydrogen-bond donors (Lipinski definition) is 2. The molecule has 2 atom stereocenters. The number of hydrogen-bond acceptors (Lipinski definition) is 8. The second-order valence-corrected chi connectivity index (χ2v) is 11.2. The fourth-order valence-electron chi connectivity index (χ4n) is 3.89. The predicted octanol–water partition coefficient (Wildman–Crippen LogP) is 3.39. The minimum absolute atomic E-state index is 0.0189. The summed E-state index contributed by atoms with van der Waals surface area (Å²) in [7, 11) is -4.08. The van der Waals surface area contributed by atoms with Gasteiger partial charge in [-0.15, -0.1) is 0 Å². The number of nitrogens with one attached hydrogen (secondary N) is 2. The highest BCUT2D eigenvalue weighted by molar-refractivity contribution is 7.89. The van der Waals surface area contributed by atoms with Gasteiger partial charge >= 0.3 is 6.09 Å². The van der Waals surface area contributed by atoms with Crippen LogP contribution in [0, 0.1) is 21.4 Å². The summed E-state index contributed by atoms with van der Waals surface area (Å²) >= 11 is 0. The molecule has 37 heavy (non-hydrogen) atoms. The molecule has 12 heteroatoms. The third-order valence-corrected chi connectivity index (χ3v) is 7.58. The first-order chi connectivity index (χ1) is 17.6. The highest BCUT2D eigenvalue weighted by Crippen LogP contribution is 2.21. The van der Waals surface area contributed by atoms with Gasteiger partial charge in [-0.2, -0.15) is 4.31 Å². The van der Waals surface area contributed by atoms with Crippen LogP contribution in [0.2, 0.25) is 0 Å². The lowest BCUT2D eigenvalue weighted by molar-refractivity contribution is -0.384. The van der Waals surface area contributed by atoms with Crippen molar-refractivity contribution in [1.82, 2.24) is 9.62 Å². The Labute approximate surface area is 216 Å². The van der Waals surface area contributed by atoms with Crippen LogP contribution < -0.4 is 5.32 Å². The van der Waals surface area contributed by atoms with Crippen LogP contribution in [-0.2, 0) is 25.9 Å². The van der Waals surface area contributed by atoms with E-state index < -0.39 is 27.1 Å². The van der Waals surface area contributed by atoms with Gasteiger partial charge in [-0.25, -0.2) is 13.2 Å². The fourth-order valence-corrected chi connectivity index (χ4v) is 5.47. The molecule has 200 valence electrons. The third kappa shape index (κ3) is 8.07. The van der Waals surface area contributed by atoms with Gasteiger partial charge in [0.15, 0.2) is 0 Å². The van der Waals surface area contributed by atoms with Crippen molar-refractivity contribution in [3.05, 3.63) is 70.3 Å². The summed E-state index contributed by atoms with van der Waals surface area (Å²) in [5, 5.41) is 22.5. The number of nitro groups is 1. The number of benzene rings is 2. The topological polar surface area (TPSA) is 152 Å². The van der Waals surface area contributed by atoms with Crippen molar-refractivity contribution in [1.29, 1.82) is 5.41 Å². The molecule has 0 aliphatic carbocycles. The molecule has 0 bridgehead atoms. The Kier molecular flexibility index (Phi) is 9.73. The van der Waals surface area contributed by atoms with Gasteiger partial charge in [0.05, 0.1) is 35.6 Å². The Balaban J connectivity index is 1.82. The van der Waals surface area contributed by atoms with Crippen molar-refractivity contribution in [2.75, 3.05) is 26.3 Å². The van der Waals surface area contributed by atoms with Gasteiger partial charge in [-0.3, -0.25) is 10.1 Å². The van der Waals surface area contributed by atoms with Gasteiger partial charge in [0.25, 0.3) is 5.69 Å². The summed E-state index contributed by atoms with van der Waals surface area (Å²) in [5.74, 6) is -0.0616. The maximum absolute atomic E-state index is 13.5. The maximum atomic E-state index is 13.5. The summed E-state index contributed by atoms with van der Waals surface area (Å²) in [4.78, 5) is 22.9. The Morgan fingerprint density at radius 3 is 2.46 bits per heavy atom. The van der Waals surface area contributed by atoms with E-state index in [-0.39, 0.29) is 47.8 Å². The van der Waals surface area contributed by atoms with E-state index in [1.807, 2.05) is 44.2 Å². The van der Waals surface area contributed by atoms with Crippen molar-refractivity contribution in [3.8, 4) is 0 Å². The van der Waals surface area contributed by atoms with E-state index in [0.717, 1.165) is 22.0 Å². The number of carbonyl (C=O) groups is 1. The Morgan fingerprint density at radius 2 is 1.89 bits per heavy atom. The molecule has 1 saturated heterocycles. The molecule has 1 fully saturated rings. The number of nitrogens with zero attached hydrogens (tertiary/aromatic N) is 2. The third-order valence-electron chi connectivity index (χ3n) is 5.76. The Bertz CT molecular complexity index is 1180. The number of alkyl carbamates (subject to hydrolysis) is 1. The summed E-state index contributed by atoms with van der Waals surface area (Å²) in [6.45, 7) is 4.35. The van der Waals surface area contributed by atoms with Crippen molar-refractivity contribution in [3.63, 3.8) is 0 Å². The highest BCUT2D eigenvalue weighted by atomic mass is 32.2. The standard InChI is InChI=1S/C25H32N4O7S/c1-18(2)15-28(37(33,34)22-10-8-20(9-11-22)29(31)32)16-23(26)24(14-19-6-4-3-5-7-19)27-25(30)36-21-12-13-35-17-21/h3-11,18,21,24,26H,12-17H2,1-2H3,(H,27,30)/t21-,24-/m0/s1. The van der Waals surface area contributed by atoms with E-state index in [1.165, 1.54) is 12.1 Å². The highest BCUT2D eigenvalue weighted by Gasteiger charge is 2.30. The lowest BCUT2D eigenvalue weighted by Gasteiger charge is -2.27. The van der Waals surface area contributed by atoms with Crippen LogP contribution in [-0.4, -0.2) is 67.9 Å². The molecule has 0 radical (unpaired) electrons. The quantitative estimate of drug-likeness (QED) is 0.241. The molecule has 1 aliphatic heterocycles. The first-order valence-electron chi connectivity index (χ1n) is 12.0. The zero-order chi connectivity index (χ0) is 27.0. The molecular formula is C25H32N4O7S. The smallest absolute Gasteiger partial charge is 0.408 e. The lowest BCUT2D eigenvalue weighted by Crippen LogP contribution is -2.48. The summed E-state index contributed by atoms with van der Waals surface area (Å²) in [5.41, 5.74) is 0.616. The maximum Gasteiger partial charge on any atom is 0.408 e. The van der Waals surface area contributed by atoms with E-state index in [1.54, 1.807) is 0 Å². The van der Waals surface area contributed by atoms with Crippen molar-refractivity contribution in [2.24, 2.45) is 5.92 Å². The molecule has 2 aromatic carbocycles.